The molecule has 0 saturated heterocycles. The van der Waals surface area contributed by atoms with E-state index >= 15 is 0 Å². The van der Waals surface area contributed by atoms with Gasteiger partial charge in [0, 0.05) is 20.3 Å². The van der Waals surface area contributed by atoms with Crippen molar-refractivity contribution < 1.29 is 37.4 Å². The van der Waals surface area contributed by atoms with Crippen LogP contribution in [0.3, 0.4) is 0 Å². The molecule has 0 fully saturated rings. The minimum atomic E-state index is -2.92. The highest BCUT2D eigenvalue weighted by Gasteiger charge is 2.35. The van der Waals surface area contributed by atoms with Crippen molar-refractivity contribution in [1.82, 2.24) is 4.90 Å². The van der Waals surface area contributed by atoms with Crippen LogP contribution < -0.4 is 4.74 Å². The second-order valence-corrected chi connectivity index (χ2v) is 6.47. The van der Waals surface area contributed by atoms with Crippen LogP contribution in [-0.2, 0) is 16.1 Å². The zero-order valence-electron chi connectivity index (χ0n) is 16.1. The Balaban J connectivity index is 1.63. The number of ether oxygens (including phenoxy) is 3. The van der Waals surface area contributed by atoms with Gasteiger partial charge in [0.25, 0.3) is 11.8 Å². The average molecular weight is 419 g/mol. The van der Waals surface area contributed by atoms with Gasteiger partial charge in [-0.3, -0.25) is 14.5 Å². The van der Waals surface area contributed by atoms with Crippen LogP contribution in [0, 0.1) is 0 Å². The number of amides is 2. The van der Waals surface area contributed by atoms with Crippen LogP contribution in [0.2, 0.25) is 0 Å². The summed E-state index contributed by atoms with van der Waals surface area (Å²) in [5.41, 5.74) is 1.09. The van der Waals surface area contributed by atoms with Crippen LogP contribution in [0.1, 0.15) is 43.1 Å². The normalized spacial score (nSPS) is 13.0. The van der Waals surface area contributed by atoms with E-state index < -0.39 is 24.4 Å². The Morgan fingerprint density at radius 1 is 1.03 bits per heavy atom. The molecule has 0 aromatic heterocycles. The average Bonchev–Trinajstić information content (AvgIpc) is 2.97. The van der Waals surface area contributed by atoms with Crippen LogP contribution in [-0.4, -0.2) is 49.6 Å². The summed E-state index contributed by atoms with van der Waals surface area (Å²) in [6.07, 6.45) is 0.512. The number of hydrogen-bond donors (Lipinski definition) is 0. The number of rotatable bonds is 9. The van der Waals surface area contributed by atoms with Gasteiger partial charge in [-0.15, -0.1) is 0 Å². The van der Waals surface area contributed by atoms with E-state index in [0.29, 0.717) is 18.6 Å². The highest BCUT2D eigenvalue weighted by molar-refractivity contribution is 6.21. The van der Waals surface area contributed by atoms with E-state index in [1.807, 2.05) is 0 Å². The van der Waals surface area contributed by atoms with Crippen LogP contribution >= 0.6 is 0 Å². The first-order valence-corrected chi connectivity index (χ1v) is 9.10. The largest absolute Gasteiger partial charge is 0.457 e. The summed E-state index contributed by atoms with van der Waals surface area (Å²) in [4.78, 5) is 38.4. The van der Waals surface area contributed by atoms with Gasteiger partial charge < -0.3 is 14.2 Å². The number of halogens is 2. The number of fused-ring (bicyclic) bond motifs is 1. The van der Waals surface area contributed by atoms with Gasteiger partial charge in [-0.25, -0.2) is 4.79 Å². The Hall–Kier alpha value is -3.33. The highest BCUT2D eigenvalue weighted by Crippen LogP contribution is 2.25. The Kier molecular flexibility index (Phi) is 6.73. The van der Waals surface area contributed by atoms with E-state index in [1.165, 1.54) is 49.6 Å². The van der Waals surface area contributed by atoms with Gasteiger partial charge >= 0.3 is 12.6 Å². The minimum absolute atomic E-state index is 0.00284. The summed E-state index contributed by atoms with van der Waals surface area (Å²) in [5.74, 6) is -1.55. The molecule has 2 aromatic carbocycles. The molecule has 158 valence electrons. The van der Waals surface area contributed by atoms with Crippen LogP contribution in [0.4, 0.5) is 8.78 Å². The van der Waals surface area contributed by atoms with E-state index in [-0.39, 0.29) is 35.6 Å². The van der Waals surface area contributed by atoms with Crippen molar-refractivity contribution in [2.24, 2.45) is 0 Å². The lowest BCUT2D eigenvalue weighted by molar-refractivity contribution is -0.0498. The van der Waals surface area contributed by atoms with Gasteiger partial charge in [0.1, 0.15) is 12.4 Å². The highest BCUT2D eigenvalue weighted by atomic mass is 19.3. The topological polar surface area (TPSA) is 82.1 Å². The predicted molar refractivity (Wildman–Crippen MR) is 100 cm³/mol. The molecule has 0 atom stereocenters. The third kappa shape index (κ3) is 4.80. The van der Waals surface area contributed by atoms with Crippen molar-refractivity contribution in [1.29, 1.82) is 0 Å². The summed E-state index contributed by atoms with van der Waals surface area (Å²) >= 11 is 0. The van der Waals surface area contributed by atoms with E-state index in [4.69, 9.17) is 9.47 Å². The number of carbonyl (C=O) groups excluding carboxylic acids is 3. The zero-order chi connectivity index (χ0) is 21.7. The lowest BCUT2D eigenvalue weighted by Crippen LogP contribution is -2.31. The number of alkyl halides is 2. The fourth-order valence-corrected chi connectivity index (χ4v) is 2.99. The molecular formula is C21H19F2NO6. The van der Waals surface area contributed by atoms with E-state index in [0.717, 1.165) is 4.90 Å². The fourth-order valence-electron chi connectivity index (χ4n) is 2.99. The maximum absolute atomic E-state index is 12.5. The number of benzene rings is 2. The van der Waals surface area contributed by atoms with Crippen molar-refractivity contribution in [3.8, 4) is 5.75 Å². The molecule has 0 radical (unpaired) electrons. The molecule has 30 heavy (non-hydrogen) atoms. The molecule has 0 bridgehead atoms. The van der Waals surface area contributed by atoms with Crippen LogP contribution in [0.25, 0.3) is 0 Å². The maximum Gasteiger partial charge on any atom is 0.387 e. The number of methoxy groups -OCH3 is 1. The van der Waals surface area contributed by atoms with Crippen molar-refractivity contribution in [3.63, 3.8) is 0 Å². The quantitative estimate of drug-likeness (QED) is 0.353. The number of imide groups is 1. The molecule has 1 aliphatic heterocycles. The van der Waals surface area contributed by atoms with Crippen LogP contribution in [0.15, 0.2) is 42.5 Å². The lowest BCUT2D eigenvalue weighted by atomic mass is 10.1. The molecule has 0 N–H and O–H groups in total. The molecule has 1 heterocycles. The molecule has 0 spiro atoms. The molecule has 0 unspecified atom stereocenters. The van der Waals surface area contributed by atoms with Crippen molar-refractivity contribution in [2.45, 2.75) is 19.6 Å². The summed E-state index contributed by atoms with van der Waals surface area (Å²) < 4.78 is 38.7. The van der Waals surface area contributed by atoms with Gasteiger partial charge in [0.05, 0.1) is 16.7 Å². The first-order valence-electron chi connectivity index (χ1n) is 9.10. The van der Waals surface area contributed by atoms with Gasteiger partial charge in [0.2, 0.25) is 0 Å². The SMILES string of the molecule is COCCCN1C(=O)c2ccc(C(=O)OCc3ccc(OC(F)F)cc3)cc2C1=O. The first kappa shape index (κ1) is 21.4. The molecule has 7 nitrogen and oxygen atoms in total. The Bertz CT molecular complexity index is 945. The molecular weight excluding hydrogens is 400 g/mol. The van der Waals surface area contributed by atoms with Gasteiger partial charge in [-0.1, -0.05) is 12.1 Å². The Labute approximate surface area is 171 Å². The molecule has 0 saturated carbocycles. The number of nitrogens with zero attached hydrogens (tertiary/aromatic N) is 1. The smallest absolute Gasteiger partial charge is 0.387 e. The van der Waals surface area contributed by atoms with Gasteiger partial charge in [-0.2, -0.15) is 8.78 Å². The van der Waals surface area contributed by atoms with Crippen molar-refractivity contribution >= 4 is 17.8 Å². The van der Waals surface area contributed by atoms with Gasteiger partial charge in [-0.05, 0) is 42.3 Å². The number of esters is 1. The summed E-state index contributed by atoms with van der Waals surface area (Å²) in [7, 11) is 1.53. The first-order chi connectivity index (χ1) is 14.4. The van der Waals surface area contributed by atoms with E-state index in [1.54, 1.807) is 0 Å². The van der Waals surface area contributed by atoms with E-state index in [2.05, 4.69) is 4.74 Å². The van der Waals surface area contributed by atoms with Crippen LogP contribution in [0.5, 0.6) is 5.75 Å². The minimum Gasteiger partial charge on any atom is -0.457 e. The van der Waals surface area contributed by atoms with Crippen molar-refractivity contribution in [2.75, 3.05) is 20.3 Å². The Morgan fingerprint density at radius 3 is 2.40 bits per heavy atom. The van der Waals surface area contributed by atoms with Crippen molar-refractivity contribution in [3.05, 3.63) is 64.7 Å². The second kappa shape index (κ2) is 9.45. The molecule has 1 aliphatic rings. The zero-order valence-corrected chi connectivity index (χ0v) is 16.1. The summed E-state index contributed by atoms with van der Waals surface area (Å²) in [6, 6.07) is 9.86. The molecule has 2 amide bonds. The van der Waals surface area contributed by atoms with E-state index in [9.17, 15) is 23.2 Å². The molecule has 9 heteroatoms. The second-order valence-electron chi connectivity index (χ2n) is 6.47. The number of hydrogen-bond acceptors (Lipinski definition) is 6. The monoisotopic (exact) mass is 419 g/mol. The standard InChI is InChI=1S/C21H19F2NO6/c1-28-10-2-9-24-18(25)16-8-5-14(11-17(16)19(24)26)20(27)29-12-13-3-6-15(7-4-13)30-21(22)23/h3-8,11,21H,2,9-10,12H2,1H3. The lowest BCUT2D eigenvalue weighted by Gasteiger charge is -2.12. The number of carbonyl (C=O) groups is 3. The summed E-state index contributed by atoms with van der Waals surface area (Å²) in [5, 5.41) is 0. The third-order valence-electron chi connectivity index (χ3n) is 4.46. The maximum atomic E-state index is 12.5. The Morgan fingerprint density at radius 2 is 1.73 bits per heavy atom. The predicted octanol–water partition coefficient (Wildman–Crippen LogP) is 3.28. The van der Waals surface area contributed by atoms with Gasteiger partial charge in [0.15, 0.2) is 0 Å². The molecule has 3 rings (SSSR count). The fraction of sp³-hybridized carbons (Fsp3) is 0.286. The third-order valence-corrected chi connectivity index (χ3v) is 4.46. The molecule has 2 aromatic rings. The summed E-state index contributed by atoms with van der Waals surface area (Å²) in [6.45, 7) is -2.37. The molecule has 0 aliphatic carbocycles.